The Bertz CT molecular complexity index is 910. The third kappa shape index (κ3) is 6.31. The molecule has 0 spiro atoms. The van der Waals surface area contributed by atoms with E-state index in [-0.39, 0.29) is 30.9 Å². The highest BCUT2D eigenvalue weighted by molar-refractivity contribution is 6.07. The van der Waals surface area contributed by atoms with Crippen molar-refractivity contribution in [2.24, 2.45) is 0 Å². The highest BCUT2D eigenvalue weighted by Gasteiger charge is 2.29. The summed E-state index contributed by atoms with van der Waals surface area (Å²) in [5, 5.41) is 2.32. The van der Waals surface area contributed by atoms with Crippen LogP contribution in [0.3, 0.4) is 0 Å². The van der Waals surface area contributed by atoms with Crippen molar-refractivity contribution >= 4 is 23.5 Å². The molecule has 0 atom stereocenters. The summed E-state index contributed by atoms with van der Waals surface area (Å²) in [4.78, 5) is 45.3. The molecule has 0 aliphatic carbocycles. The molecule has 1 N–H and O–H groups in total. The van der Waals surface area contributed by atoms with E-state index in [2.05, 4.69) is 22.0 Å². The van der Waals surface area contributed by atoms with E-state index in [1.807, 2.05) is 4.90 Å². The average molecular weight is 488 g/mol. The topological polar surface area (TPSA) is 94.7 Å². The fourth-order valence-corrected chi connectivity index (χ4v) is 4.91. The van der Waals surface area contributed by atoms with Crippen LogP contribution in [0, 0.1) is 0 Å². The highest BCUT2D eigenvalue weighted by atomic mass is 16.5. The number of ether oxygens (including phenoxy) is 2. The van der Waals surface area contributed by atoms with Crippen molar-refractivity contribution in [2.45, 2.75) is 32.3 Å². The first-order valence-electron chi connectivity index (χ1n) is 12.6. The van der Waals surface area contributed by atoms with Crippen LogP contribution < -0.4 is 15.0 Å². The lowest BCUT2D eigenvalue weighted by Gasteiger charge is -2.35. The fraction of sp³-hybridized carbons (Fsp3) is 0.640. The van der Waals surface area contributed by atoms with Crippen molar-refractivity contribution in [3.63, 3.8) is 0 Å². The number of benzene rings is 1. The number of rotatable bonds is 8. The van der Waals surface area contributed by atoms with Crippen molar-refractivity contribution in [3.8, 4) is 5.75 Å². The Morgan fingerprint density at radius 3 is 2.40 bits per heavy atom. The number of hydrogen-bond acceptors (Lipinski definition) is 7. The molecule has 3 heterocycles. The van der Waals surface area contributed by atoms with Crippen LogP contribution in [0.15, 0.2) is 18.2 Å². The predicted octanol–water partition coefficient (Wildman–Crippen LogP) is 1.40. The summed E-state index contributed by atoms with van der Waals surface area (Å²) < 4.78 is 11.5. The molecule has 3 saturated heterocycles. The summed E-state index contributed by atoms with van der Waals surface area (Å²) in [6.07, 6.45) is 2.01. The first-order chi connectivity index (χ1) is 17.0. The zero-order valence-corrected chi connectivity index (χ0v) is 20.8. The molecule has 3 fully saturated rings. The number of likely N-dealkylation sites (tertiary alicyclic amines) is 1. The number of hydrogen-bond donors (Lipinski definition) is 1. The van der Waals surface area contributed by atoms with Gasteiger partial charge >= 0.3 is 6.03 Å². The lowest BCUT2D eigenvalue weighted by Crippen LogP contribution is -2.49. The molecule has 4 rings (SSSR count). The maximum atomic E-state index is 13.2. The number of carbonyl (C=O) groups excluding carboxylic acids is 3. The molecule has 4 amide bonds. The second kappa shape index (κ2) is 11.8. The van der Waals surface area contributed by atoms with Crippen molar-refractivity contribution in [3.05, 3.63) is 23.8 Å². The van der Waals surface area contributed by atoms with Crippen LogP contribution in [0.2, 0.25) is 0 Å². The normalized spacial score (nSPS) is 20.7. The van der Waals surface area contributed by atoms with Crippen molar-refractivity contribution < 1.29 is 23.9 Å². The zero-order valence-electron chi connectivity index (χ0n) is 20.8. The Balaban J connectivity index is 1.27. The van der Waals surface area contributed by atoms with E-state index < -0.39 is 6.03 Å². The molecule has 0 aromatic heterocycles. The maximum absolute atomic E-state index is 13.2. The van der Waals surface area contributed by atoms with E-state index in [0.717, 1.165) is 58.7 Å². The quantitative estimate of drug-likeness (QED) is 0.592. The zero-order chi connectivity index (χ0) is 24.8. The summed E-state index contributed by atoms with van der Waals surface area (Å²) in [5.41, 5.74) is 0.984. The van der Waals surface area contributed by atoms with E-state index in [9.17, 15) is 14.4 Å². The van der Waals surface area contributed by atoms with Gasteiger partial charge in [0, 0.05) is 64.3 Å². The van der Waals surface area contributed by atoms with Crippen LogP contribution in [0.25, 0.3) is 0 Å². The van der Waals surface area contributed by atoms with E-state index in [1.54, 1.807) is 18.2 Å². The molecular weight excluding hydrogens is 450 g/mol. The number of piperidine rings is 1. The smallest absolute Gasteiger partial charge is 0.328 e. The first-order valence-corrected chi connectivity index (χ1v) is 12.6. The van der Waals surface area contributed by atoms with Gasteiger partial charge in [-0.3, -0.25) is 24.7 Å². The van der Waals surface area contributed by atoms with E-state index >= 15 is 0 Å². The van der Waals surface area contributed by atoms with Crippen LogP contribution in [0.4, 0.5) is 10.5 Å². The molecule has 1 aromatic rings. The summed E-state index contributed by atoms with van der Waals surface area (Å²) >= 11 is 0. The highest BCUT2D eigenvalue weighted by Crippen LogP contribution is 2.31. The minimum atomic E-state index is -0.505. The lowest BCUT2D eigenvalue weighted by molar-refractivity contribution is -0.120. The van der Waals surface area contributed by atoms with Crippen LogP contribution in [0.5, 0.6) is 5.75 Å². The molecule has 0 unspecified atom stereocenters. The Hall–Kier alpha value is -2.69. The molecule has 192 valence electrons. The number of piperazine rings is 1. The van der Waals surface area contributed by atoms with Crippen molar-refractivity contribution in [2.75, 3.05) is 77.5 Å². The second-order valence-corrected chi connectivity index (χ2v) is 9.28. The minimum Gasteiger partial charge on any atom is -0.495 e. The van der Waals surface area contributed by atoms with Gasteiger partial charge in [-0.1, -0.05) is 6.92 Å². The Morgan fingerprint density at radius 2 is 1.74 bits per heavy atom. The summed E-state index contributed by atoms with van der Waals surface area (Å²) in [6, 6.07) is 4.59. The third-order valence-corrected chi connectivity index (χ3v) is 7.17. The van der Waals surface area contributed by atoms with Gasteiger partial charge in [0.2, 0.25) is 5.91 Å². The van der Waals surface area contributed by atoms with Gasteiger partial charge in [-0.25, -0.2) is 4.79 Å². The van der Waals surface area contributed by atoms with Crippen LogP contribution in [-0.2, 0) is 9.53 Å². The molecule has 10 heteroatoms. The minimum absolute atomic E-state index is 0.0744. The summed E-state index contributed by atoms with van der Waals surface area (Å²) in [6.45, 7) is 11.0. The predicted molar refractivity (Wildman–Crippen MR) is 132 cm³/mol. The van der Waals surface area contributed by atoms with Crippen LogP contribution in [-0.4, -0.2) is 111 Å². The van der Waals surface area contributed by atoms with Gasteiger partial charge in [-0.15, -0.1) is 0 Å². The largest absolute Gasteiger partial charge is 0.495 e. The Morgan fingerprint density at radius 1 is 1.03 bits per heavy atom. The monoisotopic (exact) mass is 487 g/mol. The molecule has 3 aliphatic rings. The van der Waals surface area contributed by atoms with Crippen LogP contribution in [0.1, 0.15) is 36.5 Å². The van der Waals surface area contributed by atoms with E-state index in [4.69, 9.17) is 9.47 Å². The molecule has 3 aliphatic heterocycles. The lowest BCUT2D eigenvalue weighted by atomic mass is 10.1. The number of methoxy groups -OCH3 is 1. The van der Waals surface area contributed by atoms with Gasteiger partial charge in [-0.2, -0.15) is 0 Å². The fourth-order valence-electron chi connectivity index (χ4n) is 4.91. The van der Waals surface area contributed by atoms with Gasteiger partial charge in [0.1, 0.15) is 5.75 Å². The van der Waals surface area contributed by atoms with E-state index in [0.29, 0.717) is 30.1 Å². The molecule has 35 heavy (non-hydrogen) atoms. The Labute approximate surface area is 207 Å². The van der Waals surface area contributed by atoms with Gasteiger partial charge in [-0.05, 0) is 37.6 Å². The first kappa shape index (κ1) is 25.4. The average Bonchev–Trinajstić information content (AvgIpc) is 2.89. The van der Waals surface area contributed by atoms with Crippen molar-refractivity contribution in [1.82, 2.24) is 20.0 Å². The SMILES string of the molecule is CCN1CCN(CCOC2CCN(C(=O)c3ccc(OC)c(N4CCC(=O)NC4=O)c3)CC2)CC1. The molecule has 0 saturated carbocycles. The number of likely N-dealkylation sites (N-methyl/N-ethyl adjacent to an activating group) is 1. The number of anilines is 1. The van der Waals surface area contributed by atoms with E-state index in [1.165, 1.54) is 12.0 Å². The number of carbonyl (C=O) groups is 3. The molecule has 0 bridgehead atoms. The van der Waals surface area contributed by atoms with Gasteiger partial charge in [0.05, 0.1) is 25.5 Å². The van der Waals surface area contributed by atoms with Crippen molar-refractivity contribution in [1.29, 1.82) is 0 Å². The van der Waals surface area contributed by atoms with Gasteiger partial charge in [0.25, 0.3) is 5.91 Å². The number of nitrogens with one attached hydrogen (secondary N) is 1. The standard InChI is InChI=1S/C25H37N5O5/c1-3-27-12-14-28(15-13-27)16-17-35-20-6-9-29(10-7-20)24(32)19-4-5-22(34-2)21(18-19)30-11-8-23(31)26-25(30)33/h4-5,18,20H,3,6-17H2,1-2H3,(H,26,31,33). The number of urea groups is 1. The number of nitrogens with zero attached hydrogens (tertiary/aromatic N) is 4. The summed E-state index contributed by atoms with van der Waals surface area (Å²) in [5.74, 6) is 0.102. The van der Waals surface area contributed by atoms with Gasteiger partial charge in [0.15, 0.2) is 0 Å². The molecule has 1 aromatic carbocycles. The maximum Gasteiger partial charge on any atom is 0.328 e. The molecular formula is C25H37N5O5. The third-order valence-electron chi connectivity index (χ3n) is 7.17. The van der Waals surface area contributed by atoms with Crippen LogP contribution >= 0.6 is 0 Å². The molecule has 10 nitrogen and oxygen atoms in total. The Kier molecular flexibility index (Phi) is 8.59. The van der Waals surface area contributed by atoms with Gasteiger partial charge < -0.3 is 19.3 Å². The number of imide groups is 1. The molecule has 0 radical (unpaired) electrons. The second-order valence-electron chi connectivity index (χ2n) is 9.28. The summed E-state index contributed by atoms with van der Waals surface area (Å²) in [7, 11) is 1.52. The number of amides is 4.